The van der Waals surface area contributed by atoms with Gasteiger partial charge in [-0.05, 0) is 35.6 Å². The number of rotatable bonds is 5. The van der Waals surface area contributed by atoms with Crippen LogP contribution in [0.2, 0.25) is 0 Å². The predicted molar refractivity (Wildman–Crippen MR) is 73.3 cm³/mol. The van der Waals surface area contributed by atoms with Gasteiger partial charge in [-0.3, -0.25) is 0 Å². The summed E-state index contributed by atoms with van der Waals surface area (Å²) in [5.41, 5.74) is 1.23. The van der Waals surface area contributed by atoms with E-state index in [0.717, 1.165) is 12.1 Å². The van der Waals surface area contributed by atoms with Crippen LogP contribution in [0.5, 0.6) is 5.75 Å². The quantitative estimate of drug-likeness (QED) is 0.865. The van der Waals surface area contributed by atoms with Gasteiger partial charge in [0.2, 0.25) is 0 Å². The van der Waals surface area contributed by atoms with Crippen molar-refractivity contribution in [2.24, 2.45) is 11.3 Å². The summed E-state index contributed by atoms with van der Waals surface area (Å²) in [4.78, 5) is 0. The minimum atomic E-state index is -0.305. The highest BCUT2D eigenvalue weighted by molar-refractivity contribution is 5.29. The fraction of sp³-hybridized carbons (Fsp3) is 0.600. The van der Waals surface area contributed by atoms with Crippen LogP contribution in [0.1, 0.15) is 33.3 Å². The molecule has 1 N–H and O–H groups in total. The lowest BCUT2D eigenvalue weighted by molar-refractivity contribution is 0.252. The second-order valence-corrected chi connectivity index (χ2v) is 5.87. The lowest BCUT2D eigenvalue weighted by Gasteiger charge is -2.27. The monoisotopic (exact) mass is 253 g/mol. The summed E-state index contributed by atoms with van der Waals surface area (Å²) in [5.74, 6) is 0.558. The summed E-state index contributed by atoms with van der Waals surface area (Å²) in [6, 6.07) is 5.07. The molecular formula is C15H24FNO. The van der Waals surface area contributed by atoms with Crippen LogP contribution in [0.15, 0.2) is 18.2 Å². The van der Waals surface area contributed by atoms with Crippen LogP contribution in [0.4, 0.5) is 4.39 Å². The van der Waals surface area contributed by atoms with Gasteiger partial charge in [-0.25, -0.2) is 4.39 Å². The van der Waals surface area contributed by atoms with E-state index in [1.54, 1.807) is 6.07 Å². The molecule has 0 spiro atoms. The van der Waals surface area contributed by atoms with Crippen molar-refractivity contribution >= 4 is 0 Å². The highest BCUT2D eigenvalue weighted by Gasteiger charge is 2.19. The molecule has 0 fully saturated rings. The average molecular weight is 253 g/mol. The topological polar surface area (TPSA) is 21.3 Å². The Labute approximate surface area is 110 Å². The van der Waals surface area contributed by atoms with Crippen LogP contribution >= 0.6 is 0 Å². The van der Waals surface area contributed by atoms with Crippen molar-refractivity contribution in [1.29, 1.82) is 0 Å². The molecule has 0 heterocycles. The van der Waals surface area contributed by atoms with Crippen LogP contribution in [0.3, 0.4) is 0 Å². The maximum atomic E-state index is 13.5. The van der Waals surface area contributed by atoms with E-state index in [4.69, 9.17) is 4.74 Å². The average Bonchev–Trinajstić information content (AvgIpc) is 2.28. The van der Waals surface area contributed by atoms with Crippen LogP contribution in [0, 0.1) is 17.2 Å². The second-order valence-electron chi connectivity index (χ2n) is 5.87. The third-order valence-corrected chi connectivity index (χ3v) is 3.47. The molecule has 2 nitrogen and oxygen atoms in total. The Hall–Kier alpha value is -1.09. The van der Waals surface area contributed by atoms with E-state index in [2.05, 4.69) is 33.0 Å². The van der Waals surface area contributed by atoms with Gasteiger partial charge in [-0.2, -0.15) is 0 Å². The zero-order valence-corrected chi connectivity index (χ0v) is 12.0. The zero-order valence-electron chi connectivity index (χ0n) is 12.0. The maximum absolute atomic E-state index is 13.5. The molecule has 1 atom stereocenters. The number of halogens is 1. The van der Waals surface area contributed by atoms with Gasteiger partial charge in [-0.15, -0.1) is 0 Å². The molecule has 0 saturated heterocycles. The molecule has 1 aromatic rings. The van der Waals surface area contributed by atoms with E-state index in [1.165, 1.54) is 13.2 Å². The Bertz CT molecular complexity index is 385. The van der Waals surface area contributed by atoms with Crippen molar-refractivity contribution in [1.82, 2.24) is 5.32 Å². The van der Waals surface area contributed by atoms with Gasteiger partial charge in [0.05, 0.1) is 7.11 Å². The Balaban J connectivity index is 2.47. The predicted octanol–water partition coefficient (Wildman–Crippen LogP) is 3.61. The molecule has 0 aliphatic heterocycles. The maximum Gasteiger partial charge on any atom is 0.165 e. The standard InChI is InChI=1S/C15H24FNO/c1-11(15(2,3)4)9-17-10-12-6-7-14(18-5)13(16)8-12/h6-8,11,17H,9-10H2,1-5H3. The van der Waals surface area contributed by atoms with Crippen molar-refractivity contribution in [3.63, 3.8) is 0 Å². The normalized spacial score (nSPS) is 13.4. The fourth-order valence-corrected chi connectivity index (χ4v) is 1.56. The highest BCUT2D eigenvalue weighted by atomic mass is 19.1. The Morgan fingerprint density at radius 3 is 2.50 bits per heavy atom. The van der Waals surface area contributed by atoms with Gasteiger partial charge in [-0.1, -0.05) is 33.8 Å². The Morgan fingerprint density at radius 2 is 2.00 bits per heavy atom. The van der Waals surface area contributed by atoms with Crippen molar-refractivity contribution < 1.29 is 9.13 Å². The molecule has 0 amide bonds. The molecule has 102 valence electrons. The third-order valence-electron chi connectivity index (χ3n) is 3.47. The van der Waals surface area contributed by atoms with Crippen LogP contribution in [-0.2, 0) is 6.54 Å². The summed E-state index contributed by atoms with van der Waals surface area (Å²) in [7, 11) is 1.47. The van der Waals surface area contributed by atoms with Gasteiger partial charge in [0.15, 0.2) is 11.6 Å². The molecule has 0 aliphatic carbocycles. The second kappa shape index (κ2) is 6.19. The molecule has 0 bridgehead atoms. The SMILES string of the molecule is COc1ccc(CNCC(C)C(C)(C)C)cc1F. The minimum Gasteiger partial charge on any atom is -0.494 e. The molecule has 0 aliphatic rings. The van der Waals surface area contributed by atoms with Gasteiger partial charge in [0.25, 0.3) is 0 Å². The van der Waals surface area contributed by atoms with Gasteiger partial charge in [0, 0.05) is 6.54 Å². The fourth-order valence-electron chi connectivity index (χ4n) is 1.56. The van der Waals surface area contributed by atoms with Crippen LogP contribution in [0.25, 0.3) is 0 Å². The van der Waals surface area contributed by atoms with Crippen molar-refractivity contribution in [3.05, 3.63) is 29.6 Å². The molecule has 3 heteroatoms. The summed E-state index contributed by atoms with van der Waals surface area (Å²) in [6.45, 7) is 10.5. The van der Waals surface area contributed by atoms with Crippen LogP contribution < -0.4 is 10.1 Å². The molecule has 1 unspecified atom stereocenters. The Morgan fingerprint density at radius 1 is 1.33 bits per heavy atom. The lowest BCUT2D eigenvalue weighted by Crippen LogP contribution is -2.29. The number of hydrogen-bond acceptors (Lipinski definition) is 2. The van der Waals surface area contributed by atoms with E-state index in [1.807, 2.05) is 6.07 Å². The first kappa shape index (κ1) is 15.0. The van der Waals surface area contributed by atoms with Crippen LogP contribution in [-0.4, -0.2) is 13.7 Å². The molecule has 0 radical (unpaired) electrons. The third kappa shape index (κ3) is 4.30. The van der Waals surface area contributed by atoms with E-state index in [0.29, 0.717) is 18.2 Å². The molecule has 0 aromatic heterocycles. The summed E-state index contributed by atoms with van der Waals surface area (Å²) >= 11 is 0. The number of hydrogen-bond donors (Lipinski definition) is 1. The summed E-state index contributed by atoms with van der Waals surface area (Å²) in [5, 5.41) is 3.37. The van der Waals surface area contributed by atoms with Crippen molar-refractivity contribution in [3.8, 4) is 5.75 Å². The first-order valence-electron chi connectivity index (χ1n) is 6.37. The van der Waals surface area contributed by atoms with E-state index in [9.17, 15) is 4.39 Å². The lowest BCUT2D eigenvalue weighted by atomic mass is 9.82. The Kier molecular flexibility index (Phi) is 5.15. The highest BCUT2D eigenvalue weighted by Crippen LogP contribution is 2.24. The number of ether oxygens (including phenoxy) is 1. The van der Waals surface area contributed by atoms with Crippen molar-refractivity contribution in [2.45, 2.75) is 34.2 Å². The van der Waals surface area contributed by atoms with Gasteiger partial charge < -0.3 is 10.1 Å². The molecule has 0 saturated carbocycles. The molecular weight excluding hydrogens is 229 g/mol. The van der Waals surface area contributed by atoms with Gasteiger partial charge >= 0.3 is 0 Å². The van der Waals surface area contributed by atoms with E-state index >= 15 is 0 Å². The number of nitrogens with one attached hydrogen (secondary N) is 1. The largest absolute Gasteiger partial charge is 0.494 e. The smallest absolute Gasteiger partial charge is 0.165 e. The number of methoxy groups -OCH3 is 1. The molecule has 1 aromatic carbocycles. The molecule has 18 heavy (non-hydrogen) atoms. The first-order chi connectivity index (χ1) is 8.34. The van der Waals surface area contributed by atoms with E-state index in [-0.39, 0.29) is 11.2 Å². The van der Waals surface area contributed by atoms with E-state index < -0.39 is 0 Å². The van der Waals surface area contributed by atoms with Gasteiger partial charge in [0.1, 0.15) is 0 Å². The minimum absolute atomic E-state index is 0.290. The summed E-state index contributed by atoms with van der Waals surface area (Å²) < 4.78 is 18.4. The van der Waals surface area contributed by atoms with Crippen molar-refractivity contribution in [2.75, 3.05) is 13.7 Å². The summed E-state index contributed by atoms with van der Waals surface area (Å²) in [6.07, 6.45) is 0. The first-order valence-corrected chi connectivity index (χ1v) is 6.37. The number of benzene rings is 1. The zero-order chi connectivity index (χ0) is 13.8. The molecule has 1 rings (SSSR count).